The molecule has 0 saturated carbocycles. The quantitative estimate of drug-likeness (QED) is 0.476. The van der Waals surface area contributed by atoms with Gasteiger partial charge in [0.1, 0.15) is 5.82 Å². The highest BCUT2D eigenvalue weighted by Crippen LogP contribution is 2.19. The summed E-state index contributed by atoms with van der Waals surface area (Å²) in [5.41, 5.74) is 0. The molecule has 178 valence electrons. The lowest BCUT2D eigenvalue weighted by atomic mass is 9.97. The maximum atomic E-state index is 13.0. The van der Waals surface area contributed by atoms with E-state index in [1.807, 2.05) is 0 Å². The molecular weight excluding hydrogens is 443 g/mol. The molecule has 0 aromatic heterocycles. The number of carbonyl (C=O) groups excluding carboxylic acids is 3. The van der Waals surface area contributed by atoms with Crippen molar-refractivity contribution in [2.45, 2.75) is 37.5 Å². The van der Waals surface area contributed by atoms with Gasteiger partial charge >= 0.3 is 11.9 Å². The number of halogens is 1. The minimum Gasteiger partial charge on any atom is -0.466 e. The van der Waals surface area contributed by atoms with Gasteiger partial charge in [0, 0.05) is 33.1 Å². The molecule has 1 aromatic rings. The van der Waals surface area contributed by atoms with Gasteiger partial charge in [-0.15, -0.1) is 0 Å². The third-order valence-electron chi connectivity index (χ3n) is 5.20. The van der Waals surface area contributed by atoms with E-state index in [0.717, 1.165) is 16.4 Å². The predicted molar refractivity (Wildman–Crippen MR) is 112 cm³/mol. The number of sulfonamides is 1. The van der Waals surface area contributed by atoms with Crippen LogP contribution >= 0.6 is 0 Å². The molecule has 2 rings (SSSR count). The summed E-state index contributed by atoms with van der Waals surface area (Å²) in [4.78, 5) is 37.4. The maximum Gasteiger partial charge on any atom is 0.309 e. The smallest absolute Gasteiger partial charge is 0.309 e. The summed E-state index contributed by atoms with van der Waals surface area (Å²) in [5, 5.41) is 0. The Kier molecular flexibility index (Phi) is 9.58. The normalized spacial score (nSPS) is 14.9. The SMILES string of the molecule is CCOC(=O)C1CCN(C(=O)COC(=O)CCCN(C)S(=O)(=O)c2ccc(F)cc2)CC1. The fourth-order valence-corrected chi connectivity index (χ4v) is 4.49. The summed E-state index contributed by atoms with van der Waals surface area (Å²) in [5.74, 6) is -1.95. The van der Waals surface area contributed by atoms with Crippen LogP contribution in [-0.4, -0.2) is 75.4 Å². The summed E-state index contributed by atoms with van der Waals surface area (Å²) in [6.07, 6.45) is 1.16. The fraction of sp³-hybridized carbons (Fsp3) is 0.571. The van der Waals surface area contributed by atoms with Crippen LogP contribution in [0.2, 0.25) is 0 Å². The number of hydrogen-bond acceptors (Lipinski definition) is 7. The zero-order valence-corrected chi connectivity index (χ0v) is 19.1. The molecule has 1 heterocycles. The molecule has 0 bridgehead atoms. The van der Waals surface area contributed by atoms with E-state index in [-0.39, 0.29) is 42.1 Å². The van der Waals surface area contributed by atoms with E-state index in [9.17, 15) is 27.2 Å². The Labute approximate surface area is 187 Å². The number of amides is 1. The number of likely N-dealkylation sites (tertiary alicyclic amines) is 1. The van der Waals surface area contributed by atoms with Crippen molar-refractivity contribution >= 4 is 27.9 Å². The number of esters is 2. The van der Waals surface area contributed by atoms with E-state index < -0.39 is 28.4 Å². The first-order chi connectivity index (χ1) is 15.1. The first kappa shape index (κ1) is 25.7. The highest BCUT2D eigenvalue weighted by atomic mass is 32.2. The molecule has 0 unspecified atom stereocenters. The van der Waals surface area contributed by atoms with Crippen molar-refractivity contribution in [2.75, 3.05) is 39.9 Å². The second-order valence-corrected chi connectivity index (χ2v) is 9.50. The third kappa shape index (κ3) is 7.27. The number of rotatable bonds is 10. The molecule has 0 atom stereocenters. The number of hydrogen-bond donors (Lipinski definition) is 0. The van der Waals surface area contributed by atoms with E-state index in [1.165, 1.54) is 19.2 Å². The molecule has 9 nitrogen and oxygen atoms in total. The Morgan fingerprint density at radius 1 is 1.12 bits per heavy atom. The van der Waals surface area contributed by atoms with Crippen LogP contribution < -0.4 is 0 Å². The second-order valence-electron chi connectivity index (χ2n) is 7.45. The van der Waals surface area contributed by atoms with Crippen molar-refractivity contribution < 1.29 is 36.7 Å². The van der Waals surface area contributed by atoms with Gasteiger partial charge in [0.2, 0.25) is 10.0 Å². The maximum absolute atomic E-state index is 13.0. The van der Waals surface area contributed by atoms with Crippen molar-refractivity contribution in [3.8, 4) is 0 Å². The van der Waals surface area contributed by atoms with Gasteiger partial charge in [-0.3, -0.25) is 14.4 Å². The Morgan fingerprint density at radius 2 is 1.75 bits per heavy atom. The van der Waals surface area contributed by atoms with Gasteiger partial charge in [0.05, 0.1) is 17.4 Å². The standard InChI is InChI=1S/C21H29FN2O7S/c1-3-30-21(27)16-10-13-24(14-11-16)19(25)15-31-20(26)5-4-12-23(2)32(28,29)18-8-6-17(22)7-9-18/h6-9,16H,3-5,10-15H2,1-2H3. The molecule has 32 heavy (non-hydrogen) atoms. The molecule has 11 heteroatoms. The van der Waals surface area contributed by atoms with Gasteiger partial charge in [-0.25, -0.2) is 17.1 Å². The molecule has 1 amide bonds. The number of benzene rings is 1. The second kappa shape index (κ2) is 11.9. The van der Waals surface area contributed by atoms with Crippen molar-refractivity contribution in [1.29, 1.82) is 0 Å². The Bertz CT molecular complexity index is 897. The topological polar surface area (TPSA) is 110 Å². The third-order valence-corrected chi connectivity index (χ3v) is 7.07. The summed E-state index contributed by atoms with van der Waals surface area (Å²) in [7, 11) is -2.42. The predicted octanol–water partition coefficient (Wildman–Crippen LogP) is 1.57. The summed E-state index contributed by atoms with van der Waals surface area (Å²) < 4.78 is 48.9. The average molecular weight is 473 g/mol. The van der Waals surface area contributed by atoms with Crippen molar-refractivity contribution in [1.82, 2.24) is 9.21 Å². The monoisotopic (exact) mass is 472 g/mol. The Hall–Kier alpha value is -2.53. The van der Waals surface area contributed by atoms with Crippen LogP contribution in [0.4, 0.5) is 4.39 Å². The van der Waals surface area contributed by atoms with Crippen LogP contribution in [0.5, 0.6) is 0 Å². The van der Waals surface area contributed by atoms with E-state index in [4.69, 9.17) is 9.47 Å². The van der Waals surface area contributed by atoms with Crippen LogP contribution in [0.3, 0.4) is 0 Å². The molecule has 0 radical (unpaired) electrons. The van der Waals surface area contributed by atoms with Crippen LogP contribution in [-0.2, 0) is 33.9 Å². The van der Waals surface area contributed by atoms with E-state index in [2.05, 4.69) is 0 Å². The van der Waals surface area contributed by atoms with Gasteiger partial charge in [0.25, 0.3) is 5.91 Å². The van der Waals surface area contributed by atoms with Crippen molar-refractivity contribution in [3.63, 3.8) is 0 Å². The molecular formula is C21H29FN2O7S. The van der Waals surface area contributed by atoms with E-state index in [0.29, 0.717) is 32.5 Å². The minimum atomic E-state index is -3.79. The Morgan fingerprint density at radius 3 is 2.34 bits per heavy atom. The van der Waals surface area contributed by atoms with E-state index in [1.54, 1.807) is 11.8 Å². The first-order valence-corrected chi connectivity index (χ1v) is 11.9. The van der Waals surface area contributed by atoms with Crippen LogP contribution in [0.1, 0.15) is 32.6 Å². The van der Waals surface area contributed by atoms with Crippen LogP contribution in [0, 0.1) is 11.7 Å². The minimum absolute atomic E-state index is 0.0405. The van der Waals surface area contributed by atoms with Gasteiger partial charge in [0.15, 0.2) is 6.61 Å². The lowest BCUT2D eigenvalue weighted by Crippen LogP contribution is -2.42. The zero-order chi connectivity index (χ0) is 23.7. The molecule has 1 aromatic carbocycles. The van der Waals surface area contributed by atoms with Crippen LogP contribution in [0.15, 0.2) is 29.2 Å². The highest BCUT2D eigenvalue weighted by molar-refractivity contribution is 7.89. The highest BCUT2D eigenvalue weighted by Gasteiger charge is 2.28. The fourth-order valence-electron chi connectivity index (χ4n) is 3.28. The van der Waals surface area contributed by atoms with Gasteiger partial charge in [-0.1, -0.05) is 0 Å². The van der Waals surface area contributed by atoms with Crippen LogP contribution in [0.25, 0.3) is 0 Å². The summed E-state index contributed by atoms with van der Waals surface area (Å²) in [6, 6.07) is 4.48. The molecule has 1 aliphatic rings. The molecule has 0 aliphatic carbocycles. The molecule has 0 N–H and O–H groups in total. The van der Waals surface area contributed by atoms with Crippen molar-refractivity contribution in [3.05, 3.63) is 30.1 Å². The molecule has 1 fully saturated rings. The van der Waals surface area contributed by atoms with E-state index >= 15 is 0 Å². The molecule has 0 spiro atoms. The average Bonchev–Trinajstić information content (AvgIpc) is 2.78. The summed E-state index contributed by atoms with van der Waals surface area (Å²) >= 11 is 0. The summed E-state index contributed by atoms with van der Waals surface area (Å²) in [6.45, 7) is 2.52. The largest absolute Gasteiger partial charge is 0.466 e. The number of piperidine rings is 1. The van der Waals surface area contributed by atoms with Crippen molar-refractivity contribution in [2.24, 2.45) is 5.92 Å². The Balaban J connectivity index is 1.68. The number of nitrogens with zero attached hydrogens (tertiary/aromatic N) is 2. The van der Waals surface area contributed by atoms with Gasteiger partial charge < -0.3 is 14.4 Å². The number of ether oxygens (including phenoxy) is 2. The van der Waals surface area contributed by atoms with Gasteiger partial charge in [-0.05, 0) is 50.5 Å². The van der Waals surface area contributed by atoms with Gasteiger partial charge in [-0.2, -0.15) is 0 Å². The molecule has 1 aliphatic heterocycles. The first-order valence-electron chi connectivity index (χ1n) is 10.5. The zero-order valence-electron chi connectivity index (χ0n) is 18.3. The number of carbonyl (C=O) groups is 3. The molecule has 1 saturated heterocycles. The lowest BCUT2D eigenvalue weighted by molar-refractivity contribution is -0.154. The lowest BCUT2D eigenvalue weighted by Gasteiger charge is -2.30.